The van der Waals surface area contributed by atoms with Crippen molar-refractivity contribution in [1.29, 1.82) is 0 Å². The normalized spacial score (nSPS) is 11.5. The molecule has 0 amide bonds. The number of hydrogen-bond acceptors (Lipinski definition) is 4. The van der Waals surface area contributed by atoms with Crippen LogP contribution >= 0.6 is 0 Å². The van der Waals surface area contributed by atoms with Gasteiger partial charge in [0.05, 0.1) is 11.1 Å². The first kappa shape index (κ1) is 24.1. The quantitative estimate of drug-likeness (QED) is 0.295. The Balaban J connectivity index is 2.70. The third-order valence-corrected chi connectivity index (χ3v) is 5.72. The summed E-state index contributed by atoms with van der Waals surface area (Å²) in [5.74, 6) is -3.26. The molecule has 0 saturated heterocycles. The van der Waals surface area contributed by atoms with E-state index in [9.17, 15) is 27.7 Å². The summed E-state index contributed by atoms with van der Waals surface area (Å²) in [6.07, 6.45) is 11.2. The van der Waals surface area contributed by atoms with Gasteiger partial charge in [-0.15, -0.1) is 0 Å². The number of aromatic carboxylic acids is 2. The van der Waals surface area contributed by atoms with Crippen molar-refractivity contribution in [2.24, 2.45) is 0 Å². The number of carboxylic acids is 2. The van der Waals surface area contributed by atoms with Crippen molar-refractivity contribution in [1.82, 2.24) is 0 Å². The highest BCUT2D eigenvalue weighted by Crippen LogP contribution is 2.26. The second-order valence-electron chi connectivity index (χ2n) is 6.99. The Labute approximate surface area is 166 Å². The monoisotopic (exact) mass is 414 g/mol. The van der Waals surface area contributed by atoms with Gasteiger partial charge >= 0.3 is 11.9 Å². The zero-order valence-corrected chi connectivity index (χ0v) is 17.1. The molecular formula is C20H30O7S. The Kier molecular flexibility index (Phi) is 10.2. The molecule has 7 nitrogen and oxygen atoms in total. The van der Waals surface area contributed by atoms with Gasteiger partial charge in [-0.1, -0.05) is 70.8 Å². The highest BCUT2D eigenvalue weighted by atomic mass is 32.2. The average molecular weight is 415 g/mol. The fourth-order valence-electron chi connectivity index (χ4n) is 3.31. The lowest BCUT2D eigenvalue weighted by Crippen LogP contribution is -2.17. The van der Waals surface area contributed by atoms with Crippen LogP contribution in [0.3, 0.4) is 0 Å². The van der Waals surface area contributed by atoms with Crippen molar-refractivity contribution >= 4 is 22.1 Å². The molecule has 3 N–H and O–H groups in total. The zero-order valence-electron chi connectivity index (χ0n) is 16.3. The third-order valence-electron chi connectivity index (χ3n) is 4.74. The lowest BCUT2D eigenvalue weighted by atomic mass is 9.99. The van der Waals surface area contributed by atoms with Crippen LogP contribution in [0.4, 0.5) is 0 Å². The van der Waals surface area contributed by atoms with E-state index in [1.165, 1.54) is 38.2 Å². The fraction of sp³-hybridized carbons (Fsp3) is 0.600. The number of benzene rings is 1. The number of carboxylic acid groups (broad SMARTS) is 2. The topological polar surface area (TPSA) is 129 Å². The molecule has 0 aliphatic carbocycles. The minimum absolute atomic E-state index is 0.129. The Morgan fingerprint density at radius 3 is 1.75 bits per heavy atom. The van der Waals surface area contributed by atoms with E-state index in [4.69, 9.17) is 5.11 Å². The second-order valence-corrected chi connectivity index (χ2v) is 8.35. The third kappa shape index (κ3) is 7.59. The fourth-order valence-corrected chi connectivity index (χ4v) is 4.27. The molecule has 0 heterocycles. The minimum atomic E-state index is -4.87. The molecule has 1 aromatic carbocycles. The van der Waals surface area contributed by atoms with Crippen LogP contribution in [-0.4, -0.2) is 35.1 Å². The Hall–Kier alpha value is -1.93. The van der Waals surface area contributed by atoms with E-state index in [1.54, 1.807) is 0 Å². The van der Waals surface area contributed by atoms with Crippen molar-refractivity contribution < 1.29 is 32.8 Å². The van der Waals surface area contributed by atoms with E-state index < -0.39 is 38.1 Å². The van der Waals surface area contributed by atoms with Gasteiger partial charge in [0.2, 0.25) is 0 Å². The van der Waals surface area contributed by atoms with Gasteiger partial charge in [-0.25, -0.2) is 9.59 Å². The summed E-state index contributed by atoms with van der Waals surface area (Å²) in [6, 6.07) is 2.35. The van der Waals surface area contributed by atoms with Crippen molar-refractivity contribution in [2.45, 2.75) is 82.4 Å². The van der Waals surface area contributed by atoms with E-state index in [0.29, 0.717) is 6.42 Å². The van der Waals surface area contributed by atoms with Crippen molar-refractivity contribution in [2.75, 3.05) is 0 Å². The number of aryl methyl sites for hydroxylation is 1. The van der Waals surface area contributed by atoms with Gasteiger partial charge in [0, 0.05) is 0 Å². The summed E-state index contributed by atoms with van der Waals surface area (Å²) < 4.78 is 33.0. The van der Waals surface area contributed by atoms with Crippen LogP contribution in [0, 0.1) is 0 Å². The SMILES string of the molecule is CCCCCCCCCCCCc1ccc(C(=O)O)c(C(=O)O)c1S(=O)(=O)O. The molecular weight excluding hydrogens is 384 g/mol. The molecule has 1 rings (SSSR count). The maximum atomic E-state index is 11.7. The largest absolute Gasteiger partial charge is 0.478 e. The van der Waals surface area contributed by atoms with Gasteiger partial charge in [-0.2, -0.15) is 8.42 Å². The molecule has 0 radical (unpaired) electrons. The first-order valence-corrected chi connectivity index (χ1v) is 11.2. The van der Waals surface area contributed by atoms with Crippen LogP contribution in [0.1, 0.15) is 97.4 Å². The van der Waals surface area contributed by atoms with E-state index in [2.05, 4.69) is 6.92 Å². The highest BCUT2D eigenvalue weighted by molar-refractivity contribution is 7.86. The Morgan fingerprint density at radius 2 is 1.32 bits per heavy atom. The van der Waals surface area contributed by atoms with Crippen LogP contribution in [0.2, 0.25) is 0 Å². The predicted octanol–water partition coefficient (Wildman–Crippen LogP) is 4.79. The molecule has 0 spiro atoms. The van der Waals surface area contributed by atoms with Crippen molar-refractivity contribution in [3.8, 4) is 0 Å². The van der Waals surface area contributed by atoms with Crippen molar-refractivity contribution in [3.05, 3.63) is 28.8 Å². The molecule has 8 heteroatoms. The van der Waals surface area contributed by atoms with Crippen LogP contribution < -0.4 is 0 Å². The number of rotatable bonds is 14. The van der Waals surface area contributed by atoms with E-state index >= 15 is 0 Å². The molecule has 0 bridgehead atoms. The van der Waals surface area contributed by atoms with Gasteiger partial charge in [0.1, 0.15) is 4.90 Å². The average Bonchev–Trinajstić information content (AvgIpc) is 2.61. The van der Waals surface area contributed by atoms with Gasteiger partial charge in [-0.05, 0) is 24.5 Å². The van der Waals surface area contributed by atoms with Crippen LogP contribution in [0.25, 0.3) is 0 Å². The molecule has 28 heavy (non-hydrogen) atoms. The molecule has 158 valence electrons. The summed E-state index contributed by atoms with van der Waals surface area (Å²) in [6.45, 7) is 2.18. The van der Waals surface area contributed by atoms with Gasteiger partial charge in [-0.3, -0.25) is 4.55 Å². The van der Waals surface area contributed by atoms with Crippen LogP contribution in [-0.2, 0) is 16.5 Å². The summed E-state index contributed by atoms with van der Waals surface area (Å²) in [5.41, 5.74) is -1.42. The summed E-state index contributed by atoms with van der Waals surface area (Å²) in [4.78, 5) is 21.9. The van der Waals surface area contributed by atoms with E-state index in [-0.39, 0.29) is 12.0 Å². The lowest BCUT2D eigenvalue weighted by molar-refractivity contribution is 0.0648. The summed E-state index contributed by atoms with van der Waals surface area (Å²) in [5, 5.41) is 18.4. The molecule has 0 atom stereocenters. The summed E-state index contributed by atoms with van der Waals surface area (Å²) >= 11 is 0. The van der Waals surface area contributed by atoms with Gasteiger partial charge in [0.15, 0.2) is 0 Å². The maximum absolute atomic E-state index is 11.7. The van der Waals surface area contributed by atoms with Crippen LogP contribution in [0.15, 0.2) is 17.0 Å². The molecule has 1 aromatic rings. The summed E-state index contributed by atoms with van der Waals surface area (Å²) in [7, 11) is -4.87. The molecule has 0 aliphatic heterocycles. The van der Waals surface area contributed by atoms with E-state index in [0.717, 1.165) is 31.7 Å². The smallest absolute Gasteiger partial charge is 0.338 e. The molecule has 0 aromatic heterocycles. The number of unbranched alkanes of at least 4 members (excludes halogenated alkanes) is 9. The second kappa shape index (κ2) is 11.8. The molecule has 0 aliphatic rings. The first-order chi connectivity index (χ1) is 13.2. The highest BCUT2D eigenvalue weighted by Gasteiger charge is 2.29. The predicted molar refractivity (Wildman–Crippen MR) is 106 cm³/mol. The number of hydrogen-bond donors (Lipinski definition) is 3. The zero-order chi connectivity index (χ0) is 21.2. The maximum Gasteiger partial charge on any atom is 0.338 e. The number of carbonyl (C=O) groups is 2. The molecule has 0 unspecified atom stereocenters. The van der Waals surface area contributed by atoms with E-state index in [1.807, 2.05) is 0 Å². The minimum Gasteiger partial charge on any atom is -0.478 e. The molecule has 0 fully saturated rings. The van der Waals surface area contributed by atoms with Crippen LogP contribution in [0.5, 0.6) is 0 Å². The Bertz CT molecular complexity index is 769. The van der Waals surface area contributed by atoms with Gasteiger partial charge < -0.3 is 10.2 Å². The lowest BCUT2D eigenvalue weighted by Gasteiger charge is -2.12. The molecule has 0 saturated carbocycles. The van der Waals surface area contributed by atoms with Gasteiger partial charge in [0.25, 0.3) is 10.1 Å². The van der Waals surface area contributed by atoms with Crippen molar-refractivity contribution in [3.63, 3.8) is 0 Å². The standard InChI is InChI=1S/C20H30O7S/c1-2-3-4-5-6-7-8-9-10-11-12-15-13-14-16(19(21)22)17(20(23)24)18(15)28(25,26)27/h13-14H,2-12H2,1H3,(H,21,22)(H,23,24)(H,25,26,27). The Morgan fingerprint density at radius 1 is 0.821 bits per heavy atom. The first-order valence-electron chi connectivity index (χ1n) is 9.80.